The minimum Gasteiger partial charge on any atom is -0.405 e. The molecular formula is C10H13ClF3NO2. The second-order valence-corrected chi connectivity index (χ2v) is 3.20. The van der Waals surface area contributed by atoms with Crippen molar-refractivity contribution >= 4 is 12.4 Å². The lowest BCUT2D eigenvalue weighted by Crippen LogP contribution is -2.20. The van der Waals surface area contributed by atoms with Gasteiger partial charge in [0.2, 0.25) is 0 Å². The first kappa shape index (κ1) is 16.0. The summed E-state index contributed by atoms with van der Waals surface area (Å²) in [6.45, 7) is -0.193. The van der Waals surface area contributed by atoms with Crippen molar-refractivity contribution in [3.05, 3.63) is 29.8 Å². The fourth-order valence-electron chi connectivity index (χ4n) is 1.30. The SMILES string of the molecule is Cl.N[C@H](CCO)c1ccccc1OC(F)(F)F. The van der Waals surface area contributed by atoms with Crippen molar-refractivity contribution in [1.82, 2.24) is 0 Å². The monoisotopic (exact) mass is 271 g/mol. The number of benzene rings is 1. The van der Waals surface area contributed by atoms with Crippen molar-refractivity contribution < 1.29 is 23.0 Å². The minimum absolute atomic E-state index is 0. The summed E-state index contributed by atoms with van der Waals surface area (Å²) in [6, 6.07) is 4.96. The van der Waals surface area contributed by atoms with Crippen molar-refractivity contribution in [2.75, 3.05) is 6.61 Å². The van der Waals surface area contributed by atoms with Crippen LogP contribution in [0, 0.1) is 0 Å². The molecule has 0 aliphatic carbocycles. The number of rotatable bonds is 4. The molecule has 0 unspecified atom stereocenters. The molecule has 1 atom stereocenters. The molecule has 1 aromatic rings. The van der Waals surface area contributed by atoms with Gasteiger partial charge in [-0.05, 0) is 12.5 Å². The van der Waals surface area contributed by atoms with Gasteiger partial charge in [-0.15, -0.1) is 25.6 Å². The summed E-state index contributed by atoms with van der Waals surface area (Å²) in [5, 5.41) is 8.68. The average molecular weight is 272 g/mol. The molecule has 0 amide bonds. The van der Waals surface area contributed by atoms with Gasteiger partial charge in [-0.2, -0.15) is 0 Å². The molecule has 0 aliphatic heterocycles. The van der Waals surface area contributed by atoms with Crippen LogP contribution < -0.4 is 10.5 Å². The average Bonchev–Trinajstić information content (AvgIpc) is 2.16. The van der Waals surface area contributed by atoms with Gasteiger partial charge in [0, 0.05) is 18.2 Å². The summed E-state index contributed by atoms with van der Waals surface area (Å²) >= 11 is 0. The highest BCUT2D eigenvalue weighted by molar-refractivity contribution is 5.85. The maximum atomic E-state index is 12.1. The van der Waals surface area contributed by atoms with Gasteiger partial charge in [-0.3, -0.25) is 0 Å². The molecule has 0 saturated heterocycles. The molecule has 3 nitrogen and oxygen atoms in total. The van der Waals surface area contributed by atoms with Crippen molar-refractivity contribution in [2.24, 2.45) is 5.73 Å². The molecule has 7 heteroatoms. The van der Waals surface area contributed by atoms with Crippen LogP contribution in [0.4, 0.5) is 13.2 Å². The van der Waals surface area contributed by atoms with E-state index in [0.717, 1.165) is 0 Å². The van der Waals surface area contributed by atoms with Crippen LogP contribution in [0.15, 0.2) is 24.3 Å². The zero-order chi connectivity index (χ0) is 12.2. The van der Waals surface area contributed by atoms with Crippen LogP contribution in [0.3, 0.4) is 0 Å². The summed E-state index contributed by atoms with van der Waals surface area (Å²) in [5.41, 5.74) is 5.85. The molecule has 0 aromatic heterocycles. The van der Waals surface area contributed by atoms with E-state index in [0.29, 0.717) is 0 Å². The fourth-order valence-corrected chi connectivity index (χ4v) is 1.30. The standard InChI is InChI=1S/C10H12F3NO2.ClH/c11-10(12,13)16-9-4-2-1-3-7(9)8(14)5-6-15;/h1-4,8,15H,5-6,14H2;1H/t8-;/m1./s1. The second-order valence-electron chi connectivity index (χ2n) is 3.20. The van der Waals surface area contributed by atoms with Crippen LogP contribution in [0.5, 0.6) is 5.75 Å². The molecule has 0 radical (unpaired) electrons. The van der Waals surface area contributed by atoms with Gasteiger partial charge in [0.1, 0.15) is 5.75 Å². The Hall–Kier alpha value is -0.980. The Balaban J connectivity index is 0.00000256. The summed E-state index contributed by atoms with van der Waals surface area (Å²) in [7, 11) is 0. The third-order valence-electron chi connectivity index (χ3n) is 1.98. The Morgan fingerprint density at radius 1 is 1.29 bits per heavy atom. The predicted molar refractivity (Wildman–Crippen MR) is 59.0 cm³/mol. The summed E-state index contributed by atoms with van der Waals surface area (Å²) in [6.07, 6.45) is -4.56. The van der Waals surface area contributed by atoms with Crippen LogP contribution in [-0.2, 0) is 0 Å². The number of aliphatic hydroxyl groups is 1. The van der Waals surface area contributed by atoms with E-state index in [-0.39, 0.29) is 36.7 Å². The molecule has 1 aromatic carbocycles. The van der Waals surface area contributed by atoms with Gasteiger partial charge in [0.25, 0.3) is 0 Å². The number of nitrogens with two attached hydrogens (primary N) is 1. The number of aliphatic hydroxyl groups excluding tert-OH is 1. The third kappa shape index (κ3) is 5.25. The van der Waals surface area contributed by atoms with E-state index in [2.05, 4.69) is 4.74 Å². The Morgan fingerprint density at radius 3 is 2.41 bits per heavy atom. The topological polar surface area (TPSA) is 55.5 Å². The van der Waals surface area contributed by atoms with Crippen LogP contribution in [0.1, 0.15) is 18.0 Å². The third-order valence-corrected chi connectivity index (χ3v) is 1.98. The molecule has 0 bridgehead atoms. The summed E-state index contributed by atoms with van der Waals surface area (Å²) in [5.74, 6) is -0.323. The lowest BCUT2D eigenvalue weighted by atomic mass is 10.0. The number of ether oxygens (including phenoxy) is 1. The Morgan fingerprint density at radius 2 is 1.88 bits per heavy atom. The first-order chi connectivity index (χ1) is 7.44. The van der Waals surface area contributed by atoms with E-state index in [1.165, 1.54) is 18.2 Å². The molecule has 17 heavy (non-hydrogen) atoms. The highest BCUT2D eigenvalue weighted by Crippen LogP contribution is 2.30. The number of hydrogen-bond donors (Lipinski definition) is 2. The van der Waals surface area contributed by atoms with Gasteiger partial charge in [-0.25, -0.2) is 0 Å². The molecule has 0 aliphatic rings. The van der Waals surface area contributed by atoms with Crippen molar-refractivity contribution in [3.8, 4) is 5.75 Å². The van der Waals surface area contributed by atoms with Crippen molar-refractivity contribution in [2.45, 2.75) is 18.8 Å². The first-order valence-corrected chi connectivity index (χ1v) is 4.65. The lowest BCUT2D eigenvalue weighted by Gasteiger charge is -2.17. The summed E-state index contributed by atoms with van der Waals surface area (Å²) < 4.78 is 40.0. The fraction of sp³-hybridized carbons (Fsp3) is 0.400. The van der Waals surface area contributed by atoms with Gasteiger partial charge in [0.05, 0.1) is 0 Å². The number of alkyl halides is 3. The highest BCUT2D eigenvalue weighted by Gasteiger charge is 2.32. The van der Waals surface area contributed by atoms with Crippen LogP contribution in [0.25, 0.3) is 0 Å². The maximum absolute atomic E-state index is 12.1. The van der Waals surface area contributed by atoms with E-state index >= 15 is 0 Å². The molecule has 1 rings (SSSR count). The molecule has 0 spiro atoms. The zero-order valence-electron chi connectivity index (χ0n) is 8.78. The predicted octanol–water partition coefficient (Wildman–Crippen LogP) is 2.39. The maximum Gasteiger partial charge on any atom is 0.573 e. The van der Waals surface area contributed by atoms with Gasteiger partial charge in [0.15, 0.2) is 0 Å². The zero-order valence-corrected chi connectivity index (χ0v) is 9.59. The minimum atomic E-state index is -4.74. The van der Waals surface area contributed by atoms with E-state index in [1.54, 1.807) is 6.07 Å². The first-order valence-electron chi connectivity index (χ1n) is 4.65. The van der Waals surface area contributed by atoms with Crippen molar-refractivity contribution in [3.63, 3.8) is 0 Å². The largest absolute Gasteiger partial charge is 0.573 e. The molecule has 0 heterocycles. The normalized spacial score (nSPS) is 12.8. The Kier molecular flexibility index (Phi) is 6.30. The smallest absolute Gasteiger partial charge is 0.405 e. The molecule has 3 N–H and O–H groups in total. The van der Waals surface area contributed by atoms with E-state index in [4.69, 9.17) is 10.8 Å². The second kappa shape index (κ2) is 6.68. The lowest BCUT2D eigenvalue weighted by molar-refractivity contribution is -0.275. The number of hydrogen-bond acceptors (Lipinski definition) is 3. The molecule has 0 fully saturated rings. The summed E-state index contributed by atoms with van der Waals surface area (Å²) in [4.78, 5) is 0. The van der Waals surface area contributed by atoms with Gasteiger partial charge < -0.3 is 15.6 Å². The number of halogens is 4. The number of para-hydroxylation sites is 1. The highest BCUT2D eigenvalue weighted by atomic mass is 35.5. The van der Waals surface area contributed by atoms with Gasteiger partial charge in [-0.1, -0.05) is 18.2 Å². The van der Waals surface area contributed by atoms with Crippen LogP contribution >= 0.6 is 12.4 Å². The van der Waals surface area contributed by atoms with Crippen LogP contribution in [0.2, 0.25) is 0 Å². The molecule has 0 saturated carbocycles. The quantitative estimate of drug-likeness (QED) is 0.884. The van der Waals surface area contributed by atoms with E-state index < -0.39 is 12.4 Å². The molecule has 98 valence electrons. The Bertz CT molecular complexity index is 347. The van der Waals surface area contributed by atoms with Crippen LogP contribution in [-0.4, -0.2) is 18.1 Å². The van der Waals surface area contributed by atoms with E-state index in [1.807, 2.05) is 0 Å². The van der Waals surface area contributed by atoms with Crippen molar-refractivity contribution in [1.29, 1.82) is 0 Å². The molecular weight excluding hydrogens is 259 g/mol. The van der Waals surface area contributed by atoms with Gasteiger partial charge >= 0.3 is 6.36 Å². The Labute approximate surface area is 103 Å². The van der Waals surface area contributed by atoms with E-state index in [9.17, 15) is 13.2 Å².